The minimum absolute atomic E-state index is 0.483. The van der Waals surface area contributed by atoms with Crippen LogP contribution in [-0.4, -0.2) is 17.0 Å². The summed E-state index contributed by atoms with van der Waals surface area (Å²) in [6.45, 7) is 6.98. The van der Waals surface area contributed by atoms with Crippen molar-refractivity contribution in [2.75, 3.05) is 6.54 Å². The molecule has 0 bridgehead atoms. The SMILES string of the molecule is CCCCCCC1(N(CC)Cc2ccccc2)CCCCC1. The molecule has 1 nitrogen and oxygen atoms in total. The normalized spacial score (nSPS) is 17.8. The van der Waals surface area contributed by atoms with Crippen LogP contribution in [0.2, 0.25) is 0 Å². The number of rotatable bonds is 9. The molecule has 2 rings (SSSR count). The lowest BCUT2D eigenvalue weighted by Crippen LogP contribution is -2.49. The van der Waals surface area contributed by atoms with Crippen LogP contribution in [-0.2, 0) is 6.54 Å². The first-order valence-electron chi connectivity index (χ1n) is 9.60. The zero-order valence-corrected chi connectivity index (χ0v) is 14.8. The largest absolute Gasteiger partial charge is 0.294 e. The summed E-state index contributed by atoms with van der Waals surface area (Å²) in [4.78, 5) is 2.80. The standard InChI is InChI=1S/C21H35N/c1-3-5-6-11-16-21(17-12-8-13-18-21)22(4-2)19-20-14-9-7-10-15-20/h7,9-10,14-15H,3-6,8,11-13,16-19H2,1-2H3. The van der Waals surface area contributed by atoms with Crippen molar-refractivity contribution in [3.8, 4) is 0 Å². The Bertz CT molecular complexity index is 392. The van der Waals surface area contributed by atoms with Crippen LogP contribution in [0.3, 0.4) is 0 Å². The van der Waals surface area contributed by atoms with Gasteiger partial charge in [-0.25, -0.2) is 0 Å². The lowest BCUT2D eigenvalue weighted by molar-refractivity contribution is 0.0370. The summed E-state index contributed by atoms with van der Waals surface area (Å²) in [7, 11) is 0. The van der Waals surface area contributed by atoms with Gasteiger partial charge in [-0.15, -0.1) is 0 Å². The Kier molecular flexibility index (Phi) is 7.45. The maximum Gasteiger partial charge on any atom is 0.0239 e. The average molecular weight is 302 g/mol. The third-order valence-corrected chi connectivity index (χ3v) is 5.55. The van der Waals surface area contributed by atoms with Gasteiger partial charge in [-0.3, -0.25) is 4.90 Å². The Hall–Kier alpha value is -0.820. The highest BCUT2D eigenvalue weighted by Gasteiger charge is 2.36. The van der Waals surface area contributed by atoms with Crippen molar-refractivity contribution in [2.24, 2.45) is 0 Å². The fourth-order valence-corrected chi connectivity index (χ4v) is 4.23. The molecule has 1 fully saturated rings. The molecule has 0 aromatic heterocycles. The topological polar surface area (TPSA) is 3.24 Å². The second-order valence-corrected chi connectivity index (χ2v) is 7.10. The summed E-state index contributed by atoms with van der Waals surface area (Å²) < 4.78 is 0. The first kappa shape index (κ1) is 17.5. The molecule has 0 unspecified atom stereocenters. The first-order chi connectivity index (χ1) is 10.8. The molecule has 1 heteroatoms. The Morgan fingerprint density at radius 2 is 1.64 bits per heavy atom. The molecule has 1 aliphatic rings. The van der Waals surface area contributed by atoms with Gasteiger partial charge in [0.1, 0.15) is 0 Å². The van der Waals surface area contributed by atoms with Crippen molar-refractivity contribution in [1.29, 1.82) is 0 Å². The summed E-state index contributed by atoms with van der Waals surface area (Å²) in [5.74, 6) is 0. The van der Waals surface area contributed by atoms with Gasteiger partial charge in [0.2, 0.25) is 0 Å². The van der Waals surface area contributed by atoms with Gasteiger partial charge < -0.3 is 0 Å². The first-order valence-corrected chi connectivity index (χ1v) is 9.60. The van der Waals surface area contributed by atoms with E-state index in [1.54, 1.807) is 0 Å². The molecule has 0 spiro atoms. The molecule has 0 N–H and O–H groups in total. The van der Waals surface area contributed by atoms with Gasteiger partial charge in [-0.05, 0) is 31.4 Å². The van der Waals surface area contributed by atoms with Crippen LogP contribution in [0.5, 0.6) is 0 Å². The van der Waals surface area contributed by atoms with Crippen LogP contribution in [0.1, 0.15) is 83.6 Å². The van der Waals surface area contributed by atoms with E-state index in [-0.39, 0.29) is 0 Å². The van der Waals surface area contributed by atoms with E-state index in [2.05, 4.69) is 49.1 Å². The smallest absolute Gasteiger partial charge is 0.0239 e. The van der Waals surface area contributed by atoms with E-state index in [9.17, 15) is 0 Å². The molecule has 1 aliphatic carbocycles. The van der Waals surface area contributed by atoms with Crippen molar-refractivity contribution >= 4 is 0 Å². The van der Waals surface area contributed by atoms with Crippen LogP contribution >= 0.6 is 0 Å². The average Bonchev–Trinajstić information content (AvgIpc) is 2.58. The van der Waals surface area contributed by atoms with Crippen LogP contribution in [0, 0.1) is 0 Å². The van der Waals surface area contributed by atoms with Gasteiger partial charge in [0.05, 0.1) is 0 Å². The monoisotopic (exact) mass is 301 g/mol. The third-order valence-electron chi connectivity index (χ3n) is 5.55. The number of benzene rings is 1. The quantitative estimate of drug-likeness (QED) is 0.492. The maximum absolute atomic E-state index is 2.80. The lowest BCUT2D eigenvalue weighted by Gasteiger charge is -2.47. The summed E-state index contributed by atoms with van der Waals surface area (Å²) in [6.07, 6.45) is 14.1. The second-order valence-electron chi connectivity index (χ2n) is 7.10. The van der Waals surface area contributed by atoms with E-state index in [0.717, 1.165) is 6.54 Å². The van der Waals surface area contributed by atoms with Crippen molar-refractivity contribution in [1.82, 2.24) is 4.90 Å². The van der Waals surface area contributed by atoms with Gasteiger partial charge in [0.15, 0.2) is 0 Å². The maximum atomic E-state index is 2.80. The Morgan fingerprint density at radius 1 is 0.909 bits per heavy atom. The van der Waals surface area contributed by atoms with E-state index in [4.69, 9.17) is 0 Å². The number of hydrogen-bond acceptors (Lipinski definition) is 1. The van der Waals surface area contributed by atoms with Crippen molar-refractivity contribution in [3.63, 3.8) is 0 Å². The highest BCUT2D eigenvalue weighted by molar-refractivity contribution is 5.15. The van der Waals surface area contributed by atoms with Gasteiger partial charge in [-0.1, -0.05) is 89.1 Å². The fraction of sp³-hybridized carbons (Fsp3) is 0.714. The van der Waals surface area contributed by atoms with Crippen LogP contribution in [0.4, 0.5) is 0 Å². The fourth-order valence-electron chi connectivity index (χ4n) is 4.23. The molecular formula is C21H35N. The van der Waals surface area contributed by atoms with E-state index in [1.165, 1.54) is 76.3 Å². The van der Waals surface area contributed by atoms with Gasteiger partial charge >= 0.3 is 0 Å². The molecule has 0 saturated heterocycles. The summed E-state index contributed by atoms with van der Waals surface area (Å²) >= 11 is 0. The highest BCUT2D eigenvalue weighted by atomic mass is 15.2. The van der Waals surface area contributed by atoms with Crippen LogP contribution in [0.15, 0.2) is 30.3 Å². The Labute approximate surface area is 138 Å². The summed E-state index contributed by atoms with van der Waals surface area (Å²) in [5, 5.41) is 0. The van der Waals surface area contributed by atoms with E-state index < -0.39 is 0 Å². The molecule has 1 aromatic rings. The van der Waals surface area contributed by atoms with E-state index in [1.807, 2.05) is 0 Å². The lowest BCUT2D eigenvalue weighted by atomic mass is 9.76. The molecule has 1 saturated carbocycles. The predicted molar refractivity (Wildman–Crippen MR) is 97.1 cm³/mol. The zero-order chi connectivity index (χ0) is 15.7. The van der Waals surface area contributed by atoms with Crippen molar-refractivity contribution in [3.05, 3.63) is 35.9 Å². The van der Waals surface area contributed by atoms with Crippen molar-refractivity contribution in [2.45, 2.75) is 90.1 Å². The number of unbranched alkanes of at least 4 members (excludes halogenated alkanes) is 3. The van der Waals surface area contributed by atoms with Crippen LogP contribution < -0.4 is 0 Å². The molecule has 0 aliphatic heterocycles. The molecule has 0 amide bonds. The van der Waals surface area contributed by atoms with Crippen LogP contribution in [0.25, 0.3) is 0 Å². The van der Waals surface area contributed by atoms with Gasteiger partial charge in [-0.2, -0.15) is 0 Å². The Morgan fingerprint density at radius 3 is 2.27 bits per heavy atom. The third kappa shape index (κ3) is 4.84. The molecular weight excluding hydrogens is 266 g/mol. The number of nitrogens with zero attached hydrogens (tertiary/aromatic N) is 1. The molecule has 0 radical (unpaired) electrons. The minimum atomic E-state index is 0.483. The molecule has 1 aromatic carbocycles. The minimum Gasteiger partial charge on any atom is -0.294 e. The predicted octanol–water partition coefficient (Wildman–Crippen LogP) is 6.18. The molecule has 0 heterocycles. The number of hydrogen-bond donors (Lipinski definition) is 0. The summed E-state index contributed by atoms with van der Waals surface area (Å²) in [6, 6.07) is 11.1. The van der Waals surface area contributed by atoms with Gasteiger partial charge in [0.25, 0.3) is 0 Å². The Balaban J connectivity index is 2.04. The highest BCUT2D eigenvalue weighted by Crippen LogP contribution is 2.38. The van der Waals surface area contributed by atoms with Gasteiger partial charge in [0, 0.05) is 12.1 Å². The molecule has 124 valence electrons. The second kappa shape index (κ2) is 9.35. The van der Waals surface area contributed by atoms with Crippen molar-refractivity contribution < 1.29 is 0 Å². The summed E-state index contributed by atoms with van der Waals surface area (Å²) in [5.41, 5.74) is 1.96. The van der Waals surface area contributed by atoms with E-state index in [0.29, 0.717) is 5.54 Å². The zero-order valence-electron chi connectivity index (χ0n) is 14.8. The van der Waals surface area contributed by atoms with E-state index >= 15 is 0 Å². The molecule has 0 atom stereocenters. The molecule has 22 heavy (non-hydrogen) atoms.